The van der Waals surface area contributed by atoms with E-state index < -0.39 is 6.04 Å². The normalized spacial score (nSPS) is 29.6. The lowest BCUT2D eigenvalue weighted by molar-refractivity contribution is -0.136. The number of carbonyl (C=O) groups excluding carboxylic acids is 3. The van der Waals surface area contributed by atoms with Crippen molar-refractivity contribution in [2.24, 2.45) is 16.7 Å². The van der Waals surface area contributed by atoms with Gasteiger partial charge in [0.15, 0.2) is 0 Å². The van der Waals surface area contributed by atoms with Crippen molar-refractivity contribution in [1.29, 1.82) is 0 Å². The van der Waals surface area contributed by atoms with Gasteiger partial charge in [-0.05, 0) is 77.3 Å². The Balaban J connectivity index is 1.03. The molecule has 200 valence electrons. The summed E-state index contributed by atoms with van der Waals surface area (Å²) in [6, 6.07) is 14.9. The molecule has 4 atom stereocenters. The molecule has 0 aromatic heterocycles. The molecule has 2 heterocycles. The quantitative estimate of drug-likeness (QED) is 0.386. The summed E-state index contributed by atoms with van der Waals surface area (Å²) < 4.78 is 0. The van der Waals surface area contributed by atoms with E-state index in [0.29, 0.717) is 35.4 Å². The molecule has 1 saturated heterocycles. The lowest BCUT2D eigenvalue weighted by Crippen LogP contribution is -2.52. The maximum absolute atomic E-state index is 12.9. The fraction of sp³-hybridized carbons (Fsp3) is 0.516. The van der Waals surface area contributed by atoms with Gasteiger partial charge in [-0.15, -0.1) is 11.8 Å². The van der Waals surface area contributed by atoms with Gasteiger partial charge in [-0.1, -0.05) is 45.0 Å². The van der Waals surface area contributed by atoms with E-state index in [9.17, 15) is 14.4 Å². The van der Waals surface area contributed by atoms with Gasteiger partial charge in [0.25, 0.3) is 5.91 Å². The minimum Gasteiger partial charge on any atom is -0.322 e. The van der Waals surface area contributed by atoms with Crippen molar-refractivity contribution in [3.05, 3.63) is 64.7 Å². The highest BCUT2D eigenvalue weighted by atomic mass is 32.2. The monoisotopic (exact) mass is 531 g/mol. The predicted molar refractivity (Wildman–Crippen MR) is 148 cm³/mol. The number of hydrogen-bond donors (Lipinski definition) is 2. The number of piperidine rings is 1. The molecule has 4 aliphatic rings. The minimum atomic E-state index is -0.574. The van der Waals surface area contributed by atoms with Crippen molar-refractivity contribution in [2.75, 3.05) is 0 Å². The Kier molecular flexibility index (Phi) is 6.42. The van der Waals surface area contributed by atoms with Crippen LogP contribution in [0.3, 0.4) is 0 Å². The van der Waals surface area contributed by atoms with E-state index in [0.717, 1.165) is 28.7 Å². The van der Waals surface area contributed by atoms with Crippen molar-refractivity contribution in [2.45, 2.75) is 88.7 Å². The third-order valence-corrected chi connectivity index (χ3v) is 11.3. The van der Waals surface area contributed by atoms with Gasteiger partial charge in [0.2, 0.25) is 11.8 Å². The van der Waals surface area contributed by atoms with Crippen LogP contribution in [0.4, 0.5) is 0 Å². The van der Waals surface area contributed by atoms with Crippen LogP contribution in [-0.4, -0.2) is 34.7 Å². The number of thioether (sulfide) groups is 1. The molecule has 2 aliphatic carbocycles. The molecule has 2 saturated carbocycles. The largest absolute Gasteiger partial charge is 0.322 e. The third kappa shape index (κ3) is 4.28. The maximum Gasteiger partial charge on any atom is 0.255 e. The van der Waals surface area contributed by atoms with Crippen LogP contribution in [0.5, 0.6) is 0 Å². The zero-order chi connectivity index (χ0) is 26.7. The van der Waals surface area contributed by atoms with Crippen molar-refractivity contribution in [3.63, 3.8) is 0 Å². The highest BCUT2D eigenvalue weighted by Gasteiger charge is 2.60. The van der Waals surface area contributed by atoms with E-state index in [-0.39, 0.29) is 24.1 Å². The van der Waals surface area contributed by atoms with Gasteiger partial charge < -0.3 is 10.2 Å². The number of amides is 3. The van der Waals surface area contributed by atoms with Crippen LogP contribution >= 0.6 is 11.8 Å². The van der Waals surface area contributed by atoms with Crippen LogP contribution < -0.4 is 10.6 Å². The molecule has 2 aromatic rings. The lowest BCUT2D eigenvalue weighted by Gasteiger charge is -2.39. The van der Waals surface area contributed by atoms with Crippen LogP contribution in [-0.2, 0) is 28.4 Å². The van der Waals surface area contributed by atoms with E-state index in [1.54, 1.807) is 16.7 Å². The van der Waals surface area contributed by atoms with Crippen molar-refractivity contribution in [3.8, 4) is 0 Å². The molecular weight excluding hydrogens is 494 g/mol. The number of benzene rings is 2. The predicted octanol–water partition coefficient (Wildman–Crippen LogP) is 5.04. The molecular formula is C31H37N3O3S. The summed E-state index contributed by atoms with van der Waals surface area (Å²) in [5, 5.41) is 6.24. The summed E-state index contributed by atoms with van der Waals surface area (Å²) in [7, 11) is 0. The highest BCUT2D eigenvalue weighted by Crippen LogP contribution is 2.65. The second kappa shape index (κ2) is 9.53. The van der Waals surface area contributed by atoms with E-state index in [4.69, 9.17) is 0 Å². The standard InChI is InChI=1S/C31H37N3O3S/c1-30(2)22-12-13-31(30,3)26(15-22)32-16-19-4-6-20(7-5-19)18-38-23-8-9-24-21(14-23)17-34(29(24)37)25-10-11-27(35)33-28(25)36/h4-9,14,22,25-26,32H,10-13,15-18H2,1-3H3,(H,33,35,36)/t22-,25?,26+,31+/m1/s1. The Hall–Kier alpha value is -2.64. The fourth-order valence-corrected chi connectivity index (χ4v) is 8.23. The molecule has 2 N–H and O–H groups in total. The molecule has 7 heteroatoms. The molecule has 38 heavy (non-hydrogen) atoms. The smallest absolute Gasteiger partial charge is 0.255 e. The molecule has 3 fully saturated rings. The number of imide groups is 1. The Bertz CT molecular complexity index is 1290. The van der Waals surface area contributed by atoms with E-state index in [2.05, 4.69) is 61.7 Å². The SMILES string of the molecule is CC1(C)[C@@H]2CC[C@@]1(C)[C@@H](NCc1ccc(CSc3ccc4c(c3)CN(C3CCC(=O)NC3=O)C4=O)cc1)C2. The topological polar surface area (TPSA) is 78.5 Å². The van der Waals surface area contributed by atoms with Gasteiger partial charge in [-0.2, -0.15) is 0 Å². The molecule has 1 unspecified atom stereocenters. The summed E-state index contributed by atoms with van der Waals surface area (Å²) in [6.45, 7) is 8.74. The number of rotatable bonds is 7. The molecule has 2 bridgehead atoms. The van der Waals surface area contributed by atoms with Gasteiger partial charge in [-0.25, -0.2) is 0 Å². The minimum absolute atomic E-state index is 0.127. The van der Waals surface area contributed by atoms with Gasteiger partial charge in [0.1, 0.15) is 6.04 Å². The zero-order valence-corrected chi connectivity index (χ0v) is 23.3. The summed E-state index contributed by atoms with van der Waals surface area (Å²) in [5.74, 6) is 0.940. The molecule has 6 nitrogen and oxygen atoms in total. The lowest BCUT2D eigenvalue weighted by atomic mass is 9.69. The summed E-state index contributed by atoms with van der Waals surface area (Å²) in [4.78, 5) is 39.4. The Morgan fingerprint density at radius 1 is 1.03 bits per heavy atom. The summed E-state index contributed by atoms with van der Waals surface area (Å²) >= 11 is 1.76. The second-order valence-corrected chi connectivity index (χ2v) is 13.4. The van der Waals surface area contributed by atoms with Crippen LogP contribution in [0.1, 0.15) is 79.9 Å². The summed E-state index contributed by atoms with van der Waals surface area (Å²) in [6.07, 6.45) is 4.67. The van der Waals surface area contributed by atoms with Crippen LogP contribution in [0.2, 0.25) is 0 Å². The molecule has 2 aromatic carbocycles. The van der Waals surface area contributed by atoms with Crippen LogP contribution in [0.25, 0.3) is 0 Å². The molecule has 3 amide bonds. The molecule has 0 spiro atoms. The second-order valence-electron chi connectivity index (χ2n) is 12.4. The first-order valence-electron chi connectivity index (χ1n) is 13.9. The first kappa shape index (κ1) is 25.6. The van der Waals surface area contributed by atoms with Gasteiger partial charge in [0.05, 0.1) is 0 Å². The number of nitrogens with zero attached hydrogens (tertiary/aromatic N) is 1. The first-order chi connectivity index (χ1) is 18.2. The van der Waals surface area contributed by atoms with Crippen LogP contribution in [0.15, 0.2) is 47.4 Å². The molecule has 6 rings (SSSR count). The Morgan fingerprint density at radius 3 is 2.47 bits per heavy atom. The number of carbonyl (C=O) groups is 3. The average molecular weight is 532 g/mol. The fourth-order valence-electron chi connectivity index (χ4n) is 7.31. The van der Waals surface area contributed by atoms with Gasteiger partial charge in [-0.3, -0.25) is 19.7 Å². The number of hydrogen-bond acceptors (Lipinski definition) is 5. The third-order valence-electron chi connectivity index (χ3n) is 10.3. The molecule has 2 aliphatic heterocycles. The summed E-state index contributed by atoms with van der Waals surface area (Å²) in [5.41, 5.74) is 5.03. The van der Waals surface area contributed by atoms with Gasteiger partial charge in [0, 0.05) is 41.8 Å². The number of nitrogens with one attached hydrogen (secondary N) is 2. The average Bonchev–Trinajstić information content (AvgIpc) is 3.41. The highest BCUT2D eigenvalue weighted by molar-refractivity contribution is 7.98. The number of fused-ring (bicyclic) bond motifs is 3. The first-order valence-corrected chi connectivity index (χ1v) is 14.9. The Labute approximate surface area is 229 Å². The van der Waals surface area contributed by atoms with Crippen LogP contribution in [0, 0.1) is 16.7 Å². The van der Waals surface area contributed by atoms with E-state index in [1.165, 1.54) is 30.4 Å². The zero-order valence-electron chi connectivity index (χ0n) is 22.5. The Morgan fingerprint density at radius 2 is 1.79 bits per heavy atom. The van der Waals surface area contributed by atoms with Gasteiger partial charge >= 0.3 is 0 Å². The van der Waals surface area contributed by atoms with E-state index in [1.807, 2.05) is 12.1 Å². The van der Waals surface area contributed by atoms with E-state index >= 15 is 0 Å². The maximum atomic E-state index is 12.9. The van der Waals surface area contributed by atoms with Crippen molar-refractivity contribution < 1.29 is 14.4 Å². The van der Waals surface area contributed by atoms with Crippen molar-refractivity contribution >= 4 is 29.5 Å². The molecule has 0 radical (unpaired) electrons. The van der Waals surface area contributed by atoms with Crippen molar-refractivity contribution in [1.82, 2.24) is 15.5 Å².